The molecule has 2 heterocycles. The van der Waals surface area contributed by atoms with Crippen LogP contribution in [-0.4, -0.2) is 35.3 Å². The summed E-state index contributed by atoms with van der Waals surface area (Å²) in [6.07, 6.45) is 0.162. The van der Waals surface area contributed by atoms with Crippen LogP contribution in [0.4, 0.5) is 24.7 Å². The standard InChI is InChI=1S/C23H26F3N5O2/c24-23(25,26)17-5-4-8-19(15-17)28-11-13-29(14-12-28)20-16-21(32)31(18-6-2-1-3-7-18)22(33)30(20)10-9-27/h4-5,8,15-16,18H,1-3,6-7,10-14H2. The number of benzene rings is 1. The van der Waals surface area contributed by atoms with E-state index >= 15 is 0 Å². The minimum Gasteiger partial charge on any atom is -0.368 e. The molecule has 0 unspecified atom stereocenters. The van der Waals surface area contributed by atoms with Crippen LogP contribution in [0.2, 0.25) is 0 Å². The van der Waals surface area contributed by atoms with Crippen molar-refractivity contribution in [3.8, 4) is 6.07 Å². The van der Waals surface area contributed by atoms with Gasteiger partial charge in [-0.3, -0.25) is 13.9 Å². The highest BCUT2D eigenvalue weighted by Crippen LogP contribution is 2.32. The minimum absolute atomic E-state index is 0.143. The average Bonchev–Trinajstić information content (AvgIpc) is 2.81. The number of nitrogens with zero attached hydrogens (tertiary/aromatic N) is 5. The Morgan fingerprint density at radius 2 is 1.64 bits per heavy atom. The normalized spacial score (nSPS) is 17.8. The third kappa shape index (κ3) is 4.77. The quantitative estimate of drug-likeness (QED) is 0.698. The molecule has 1 aromatic heterocycles. The van der Waals surface area contributed by atoms with Crippen LogP contribution in [0.3, 0.4) is 0 Å². The van der Waals surface area contributed by atoms with Crippen molar-refractivity contribution in [1.82, 2.24) is 9.13 Å². The van der Waals surface area contributed by atoms with Crippen molar-refractivity contribution in [3.63, 3.8) is 0 Å². The molecule has 2 aromatic rings. The van der Waals surface area contributed by atoms with Crippen molar-refractivity contribution in [2.24, 2.45) is 0 Å². The molecule has 7 nitrogen and oxygen atoms in total. The molecule has 2 aliphatic rings. The SMILES string of the molecule is N#CCn1c(N2CCN(c3cccc(C(F)(F)F)c3)CC2)cc(=O)n(C2CCCCC2)c1=O. The Hall–Kier alpha value is -3.22. The van der Waals surface area contributed by atoms with Gasteiger partial charge in [0.05, 0.1) is 11.6 Å². The number of hydrogen-bond acceptors (Lipinski definition) is 5. The largest absolute Gasteiger partial charge is 0.416 e. The zero-order valence-electron chi connectivity index (χ0n) is 18.2. The molecule has 1 saturated carbocycles. The summed E-state index contributed by atoms with van der Waals surface area (Å²) >= 11 is 0. The Morgan fingerprint density at radius 1 is 0.970 bits per heavy atom. The summed E-state index contributed by atoms with van der Waals surface area (Å²) in [5.41, 5.74) is -1.05. The first-order chi connectivity index (χ1) is 15.8. The Bertz CT molecular complexity index is 1150. The van der Waals surface area contributed by atoms with Gasteiger partial charge in [-0.05, 0) is 31.0 Å². The van der Waals surface area contributed by atoms with E-state index in [2.05, 4.69) is 0 Å². The van der Waals surface area contributed by atoms with Crippen LogP contribution in [-0.2, 0) is 12.7 Å². The molecule has 33 heavy (non-hydrogen) atoms. The first kappa shape index (κ1) is 23.0. The van der Waals surface area contributed by atoms with Gasteiger partial charge in [-0.15, -0.1) is 0 Å². The third-order valence-electron chi connectivity index (χ3n) is 6.51. The van der Waals surface area contributed by atoms with E-state index in [-0.39, 0.29) is 18.1 Å². The molecule has 2 fully saturated rings. The topological polar surface area (TPSA) is 74.3 Å². The number of piperazine rings is 1. The van der Waals surface area contributed by atoms with Gasteiger partial charge < -0.3 is 9.80 Å². The molecule has 0 radical (unpaired) electrons. The molecule has 1 aliphatic heterocycles. The monoisotopic (exact) mass is 461 g/mol. The Morgan fingerprint density at radius 3 is 2.27 bits per heavy atom. The van der Waals surface area contributed by atoms with Crippen LogP contribution < -0.4 is 21.0 Å². The second-order valence-electron chi connectivity index (χ2n) is 8.55. The summed E-state index contributed by atoms with van der Waals surface area (Å²) in [5.74, 6) is 0.391. The summed E-state index contributed by atoms with van der Waals surface area (Å²) in [4.78, 5) is 29.8. The van der Waals surface area contributed by atoms with Gasteiger partial charge in [-0.1, -0.05) is 25.3 Å². The van der Waals surface area contributed by atoms with Gasteiger partial charge in [-0.25, -0.2) is 4.79 Å². The summed E-state index contributed by atoms with van der Waals surface area (Å²) in [7, 11) is 0. The predicted octanol–water partition coefficient (Wildman–Crippen LogP) is 3.38. The van der Waals surface area contributed by atoms with Crippen LogP contribution in [0.1, 0.15) is 43.7 Å². The highest BCUT2D eigenvalue weighted by atomic mass is 19.4. The molecule has 176 valence electrons. The first-order valence-corrected chi connectivity index (χ1v) is 11.2. The number of nitriles is 1. The number of rotatable bonds is 4. The third-order valence-corrected chi connectivity index (χ3v) is 6.51. The number of hydrogen-bond donors (Lipinski definition) is 0. The molecular weight excluding hydrogens is 435 g/mol. The molecule has 0 atom stereocenters. The zero-order chi connectivity index (χ0) is 23.6. The Balaban J connectivity index is 1.58. The van der Waals surface area contributed by atoms with Gasteiger partial charge in [0.15, 0.2) is 0 Å². The van der Waals surface area contributed by atoms with E-state index in [0.29, 0.717) is 37.7 Å². The van der Waals surface area contributed by atoms with E-state index < -0.39 is 17.4 Å². The van der Waals surface area contributed by atoms with Gasteiger partial charge in [0.2, 0.25) is 0 Å². The highest BCUT2D eigenvalue weighted by molar-refractivity contribution is 5.51. The van der Waals surface area contributed by atoms with Crippen molar-refractivity contribution in [2.75, 3.05) is 36.0 Å². The molecule has 1 aliphatic carbocycles. The number of aromatic nitrogens is 2. The fourth-order valence-corrected chi connectivity index (χ4v) is 4.81. The van der Waals surface area contributed by atoms with E-state index in [0.717, 1.165) is 44.2 Å². The second-order valence-corrected chi connectivity index (χ2v) is 8.55. The molecule has 10 heteroatoms. The van der Waals surface area contributed by atoms with Crippen molar-refractivity contribution in [3.05, 3.63) is 56.7 Å². The van der Waals surface area contributed by atoms with Crippen LogP contribution >= 0.6 is 0 Å². The fraction of sp³-hybridized carbons (Fsp3) is 0.522. The van der Waals surface area contributed by atoms with Crippen LogP contribution in [0.25, 0.3) is 0 Å². The van der Waals surface area contributed by atoms with E-state index in [4.69, 9.17) is 0 Å². The molecule has 1 saturated heterocycles. The lowest BCUT2D eigenvalue weighted by molar-refractivity contribution is -0.137. The van der Waals surface area contributed by atoms with Crippen LogP contribution in [0.5, 0.6) is 0 Å². The van der Waals surface area contributed by atoms with E-state index in [1.807, 2.05) is 15.9 Å². The average molecular weight is 461 g/mol. The lowest BCUT2D eigenvalue weighted by atomic mass is 9.95. The summed E-state index contributed by atoms with van der Waals surface area (Å²) in [6, 6.07) is 8.50. The van der Waals surface area contributed by atoms with Crippen molar-refractivity contribution < 1.29 is 13.2 Å². The maximum Gasteiger partial charge on any atom is 0.416 e. The molecule has 0 amide bonds. The fourth-order valence-electron chi connectivity index (χ4n) is 4.81. The van der Waals surface area contributed by atoms with Crippen molar-refractivity contribution in [2.45, 2.75) is 50.9 Å². The van der Waals surface area contributed by atoms with Gasteiger partial charge >= 0.3 is 11.9 Å². The van der Waals surface area contributed by atoms with Gasteiger partial charge in [0.1, 0.15) is 12.4 Å². The van der Waals surface area contributed by atoms with Crippen molar-refractivity contribution in [1.29, 1.82) is 5.26 Å². The number of anilines is 2. The highest BCUT2D eigenvalue weighted by Gasteiger charge is 2.31. The summed E-state index contributed by atoms with van der Waals surface area (Å²) in [6.45, 7) is 1.50. The maximum absolute atomic E-state index is 13.2. The van der Waals surface area contributed by atoms with Crippen LogP contribution in [0.15, 0.2) is 39.9 Å². The molecule has 0 N–H and O–H groups in total. The van der Waals surface area contributed by atoms with E-state index in [1.54, 1.807) is 6.07 Å². The van der Waals surface area contributed by atoms with Gasteiger partial charge in [0, 0.05) is 44.0 Å². The molecule has 4 rings (SSSR count). The maximum atomic E-state index is 13.2. The number of halogens is 3. The lowest BCUT2D eigenvalue weighted by Crippen LogP contribution is -2.50. The number of alkyl halides is 3. The summed E-state index contributed by atoms with van der Waals surface area (Å²) < 4.78 is 41.8. The molecule has 0 spiro atoms. The molecular formula is C23H26F3N5O2. The molecule has 0 bridgehead atoms. The summed E-state index contributed by atoms with van der Waals surface area (Å²) in [5, 5.41) is 9.30. The minimum atomic E-state index is -4.41. The van der Waals surface area contributed by atoms with E-state index in [1.165, 1.54) is 21.3 Å². The molecule has 1 aromatic carbocycles. The van der Waals surface area contributed by atoms with Crippen molar-refractivity contribution >= 4 is 11.5 Å². The Labute approximate surface area is 189 Å². The second kappa shape index (κ2) is 9.33. The Kier molecular flexibility index (Phi) is 6.49. The zero-order valence-corrected chi connectivity index (χ0v) is 18.2. The van der Waals surface area contributed by atoms with Gasteiger partial charge in [-0.2, -0.15) is 18.4 Å². The van der Waals surface area contributed by atoms with E-state index in [9.17, 15) is 28.0 Å². The van der Waals surface area contributed by atoms with Crippen LogP contribution in [0, 0.1) is 11.3 Å². The lowest BCUT2D eigenvalue weighted by Gasteiger charge is -2.38. The smallest absolute Gasteiger partial charge is 0.368 e. The predicted molar refractivity (Wildman–Crippen MR) is 119 cm³/mol. The van der Waals surface area contributed by atoms with Gasteiger partial charge in [0.25, 0.3) is 5.56 Å². The first-order valence-electron chi connectivity index (χ1n) is 11.2.